The Morgan fingerprint density at radius 3 is 2.77 bits per heavy atom. The fourth-order valence-electron chi connectivity index (χ4n) is 3.65. The minimum absolute atomic E-state index is 0.00729. The monoisotopic (exact) mass is 345 g/mol. The van der Waals surface area contributed by atoms with Gasteiger partial charge in [0, 0.05) is 31.2 Å². The number of hydrogen-bond acceptors (Lipinski definition) is 3. The van der Waals surface area contributed by atoms with E-state index in [1.54, 1.807) is 6.20 Å². The summed E-state index contributed by atoms with van der Waals surface area (Å²) in [5.74, 6) is 0.00729. The lowest BCUT2D eigenvalue weighted by molar-refractivity contribution is 0.0630. The van der Waals surface area contributed by atoms with Crippen LogP contribution in [0.3, 0.4) is 0 Å². The molecule has 1 fully saturated rings. The molecule has 1 amide bonds. The molecule has 0 spiro atoms. The van der Waals surface area contributed by atoms with Crippen molar-refractivity contribution in [1.82, 2.24) is 15.2 Å². The molecule has 4 heteroatoms. The van der Waals surface area contributed by atoms with Crippen molar-refractivity contribution in [2.45, 2.75) is 19.4 Å². The molecule has 1 N–H and O–H groups in total. The number of aryl methyl sites for hydroxylation is 1. The molecule has 4 nitrogen and oxygen atoms in total. The summed E-state index contributed by atoms with van der Waals surface area (Å²) in [5, 5.41) is 5.38. The number of pyridine rings is 1. The molecule has 2 aromatic carbocycles. The van der Waals surface area contributed by atoms with E-state index in [1.807, 2.05) is 35.2 Å². The Morgan fingerprint density at radius 1 is 1.15 bits per heavy atom. The van der Waals surface area contributed by atoms with Crippen LogP contribution in [-0.4, -0.2) is 35.4 Å². The first-order valence-corrected chi connectivity index (χ1v) is 9.22. The summed E-state index contributed by atoms with van der Waals surface area (Å²) in [6.07, 6.45) is 2.74. The van der Waals surface area contributed by atoms with E-state index in [1.165, 1.54) is 11.1 Å². The summed E-state index contributed by atoms with van der Waals surface area (Å²) in [6.45, 7) is 4.41. The number of aromatic nitrogens is 1. The van der Waals surface area contributed by atoms with Crippen LogP contribution in [-0.2, 0) is 6.42 Å². The van der Waals surface area contributed by atoms with Crippen LogP contribution >= 0.6 is 0 Å². The first kappa shape index (κ1) is 16.7. The van der Waals surface area contributed by atoms with Crippen molar-refractivity contribution < 1.29 is 4.79 Å². The van der Waals surface area contributed by atoms with Gasteiger partial charge >= 0.3 is 0 Å². The Bertz CT molecular complexity index is 915. The quantitative estimate of drug-likeness (QED) is 0.789. The molecule has 1 aromatic heterocycles. The molecular weight excluding hydrogens is 322 g/mol. The van der Waals surface area contributed by atoms with Gasteiger partial charge < -0.3 is 10.2 Å². The van der Waals surface area contributed by atoms with Crippen LogP contribution in [0.4, 0.5) is 0 Å². The first-order chi connectivity index (χ1) is 12.8. The largest absolute Gasteiger partial charge is 0.328 e. The van der Waals surface area contributed by atoms with Gasteiger partial charge in [-0.15, -0.1) is 0 Å². The van der Waals surface area contributed by atoms with Crippen molar-refractivity contribution in [3.05, 3.63) is 77.6 Å². The van der Waals surface area contributed by atoms with Gasteiger partial charge in [-0.05, 0) is 29.0 Å². The van der Waals surface area contributed by atoms with Crippen molar-refractivity contribution in [1.29, 1.82) is 0 Å². The molecule has 1 aliphatic rings. The Hall–Kier alpha value is -2.72. The third-order valence-electron chi connectivity index (χ3n) is 5.15. The second-order valence-corrected chi connectivity index (χ2v) is 6.69. The molecular formula is C22H23N3O. The number of nitrogens with one attached hydrogen (secondary N) is 1. The van der Waals surface area contributed by atoms with E-state index >= 15 is 0 Å². The third kappa shape index (κ3) is 3.08. The van der Waals surface area contributed by atoms with Crippen molar-refractivity contribution in [3.8, 4) is 0 Å². The fourth-order valence-corrected chi connectivity index (χ4v) is 3.65. The summed E-state index contributed by atoms with van der Waals surface area (Å²) >= 11 is 0. The lowest BCUT2D eigenvalue weighted by Crippen LogP contribution is -2.48. The Balaban J connectivity index is 1.70. The van der Waals surface area contributed by atoms with Gasteiger partial charge in [0.05, 0.1) is 6.04 Å². The number of carbonyl (C=O) groups is 1. The van der Waals surface area contributed by atoms with E-state index in [9.17, 15) is 4.79 Å². The second-order valence-electron chi connectivity index (χ2n) is 6.69. The second kappa shape index (κ2) is 7.26. The maximum Gasteiger partial charge on any atom is 0.273 e. The van der Waals surface area contributed by atoms with Gasteiger partial charge in [-0.3, -0.25) is 9.78 Å². The van der Waals surface area contributed by atoms with Crippen molar-refractivity contribution in [3.63, 3.8) is 0 Å². The molecule has 0 bridgehead atoms. The predicted molar refractivity (Wildman–Crippen MR) is 104 cm³/mol. The molecule has 1 saturated heterocycles. The van der Waals surface area contributed by atoms with Gasteiger partial charge in [-0.1, -0.05) is 55.5 Å². The predicted octanol–water partition coefficient (Wildman–Crippen LogP) is 3.58. The maximum atomic E-state index is 13.4. The number of amides is 1. The van der Waals surface area contributed by atoms with E-state index in [0.29, 0.717) is 12.2 Å². The molecule has 0 aliphatic carbocycles. The molecule has 1 aliphatic heterocycles. The Labute approximate surface area is 153 Å². The van der Waals surface area contributed by atoms with Gasteiger partial charge in [0.15, 0.2) is 0 Å². The van der Waals surface area contributed by atoms with Crippen LogP contribution in [0.5, 0.6) is 0 Å². The van der Waals surface area contributed by atoms with Crippen molar-refractivity contribution in [2.75, 3.05) is 19.6 Å². The molecule has 1 atom stereocenters. The van der Waals surface area contributed by atoms with Crippen LogP contribution in [0.2, 0.25) is 0 Å². The van der Waals surface area contributed by atoms with Gasteiger partial charge in [0.2, 0.25) is 0 Å². The normalized spacial score (nSPS) is 17.4. The highest BCUT2D eigenvalue weighted by Gasteiger charge is 2.30. The summed E-state index contributed by atoms with van der Waals surface area (Å²) in [6, 6.07) is 18.5. The molecule has 4 rings (SSSR count). The highest BCUT2D eigenvalue weighted by molar-refractivity contribution is 6.05. The summed E-state index contributed by atoms with van der Waals surface area (Å²) in [4.78, 5) is 19.7. The molecule has 3 aromatic rings. The number of carbonyl (C=O) groups excluding carboxylic acids is 1. The minimum Gasteiger partial charge on any atom is -0.328 e. The van der Waals surface area contributed by atoms with Crippen LogP contribution in [0, 0.1) is 0 Å². The average Bonchev–Trinajstić information content (AvgIpc) is 2.73. The van der Waals surface area contributed by atoms with E-state index in [-0.39, 0.29) is 11.9 Å². The third-order valence-corrected chi connectivity index (χ3v) is 5.15. The first-order valence-electron chi connectivity index (χ1n) is 9.22. The zero-order valence-corrected chi connectivity index (χ0v) is 15.0. The van der Waals surface area contributed by atoms with E-state index in [4.69, 9.17) is 0 Å². The minimum atomic E-state index is 0.00729. The lowest BCUT2D eigenvalue weighted by Gasteiger charge is -2.36. The molecule has 26 heavy (non-hydrogen) atoms. The number of benzene rings is 2. The zero-order chi connectivity index (χ0) is 17.9. The lowest BCUT2D eigenvalue weighted by atomic mass is 10.00. The Kier molecular flexibility index (Phi) is 4.67. The van der Waals surface area contributed by atoms with Gasteiger partial charge in [0.25, 0.3) is 5.91 Å². The van der Waals surface area contributed by atoms with Crippen LogP contribution in [0.1, 0.15) is 34.6 Å². The maximum absolute atomic E-state index is 13.4. The highest BCUT2D eigenvalue weighted by Crippen LogP contribution is 2.26. The SMILES string of the molecule is CCc1ccc(C2CNCCN2C(=O)c2nccc3ccccc23)cc1. The van der Waals surface area contributed by atoms with Gasteiger partial charge in [-0.2, -0.15) is 0 Å². The fraction of sp³-hybridized carbons (Fsp3) is 0.273. The summed E-state index contributed by atoms with van der Waals surface area (Å²) in [5.41, 5.74) is 3.02. The molecule has 0 saturated carbocycles. The number of piperazine rings is 1. The zero-order valence-electron chi connectivity index (χ0n) is 15.0. The highest BCUT2D eigenvalue weighted by atomic mass is 16.2. The number of hydrogen-bond donors (Lipinski definition) is 1. The molecule has 2 heterocycles. The average molecular weight is 345 g/mol. The van der Waals surface area contributed by atoms with Gasteiger partial charge in [0.1, 0.15) is 5.69 Å². The van der Waals surface area contributed by atoms with Gasteiger partial charge in [-0.25, -0.2) is 0 Å². The number of nitrogens with zero attached hydrogens (tertiary/aromatic N) is 2. The van der Waals surface area contributed by atoms with Crippen molar-refractivity contribution in [2.24, 2.45) is 0 Å². The Morgan fingerprint density at radius 2 is 1.96 bits per heavy atom. The van der Waals surface area contributed by atoms with E-state index in [0.717, 1.165) is 30.3 Å². The number of rotatable bonds is 3. The standard InChI is InChI=1S/C22H23N3O/c1-2-16-7-9-18(10-8-16)20-15-23-13-14-25(20)22(26)21-19-6-4-3-5-17(19)11-12-24-21/h3-12,20,23H,2,13-15H2,1H3. The topological polar surface area (TPSA) is 45.2 Å². The molecule has 0 radical (unpaired) electrons. The smallest absolute Gasteiger partial charge is 0.273 e. The van der Waals surface area contributed by atoms with E-state index < -0.39 is 0 Å². The van der Waals surface area contributed by atoms with Crippen LogP contribution in [0.15, 0.2) is 60.8 Å². The van der Waals surface area contributed by atoms with E-state index in [2.05, 4.69) is 41.5 Å². The molecule has 1 unspecified atom stereocenters. The summed E-state index contributed by atoms with van der Waals surface area (Å²) < 4.78 is 0. The van der Waals surface area contributed by atoms with Crippen molar-refractivity contribution >= 4 is 16.7 Å². The van der Waals surface area contributed by atoms with Crippen LogP contribution in [0.25, 0.3) is 10.8 Å². The summed E-state index contributed by atoms with van der Waals surface area (Å²) in [7, 11) is 0. The van der Waals surface area contributed by atoms with Crippen LogP contribution < -0.4 is 5.32 Å². The number of fused-ring (bicyclic) bond motifs is 1. The molecule has 132 valence electrons.